The second kappa shape index (κ2) is 7.15. The van der Waals surface area contributed by atoms with E-state index >= 15 is 0 Å². The van der Waals surface area contributed by atoms with Gasteiger partial charge in [-0.3, -0.25) is 0 Å². The molecule has 1 aromatic carbocycles. The van der Waals surface area contributed by atoms with Crippen molar-refractivity contribution < 1.29 is 19.1 Å². The molecule has 0 fully saturated rings. The van der Waals surface area contributed by atoms with Crippen molar-refractivity contribution in [1.82, 2.24) is 0 Å². The Morgan fingerprint density at radius 3 is 2.44 bits per heavy atom. The third-order valence-corrected chi connectivity index (χ3v) is 2.93. The molecule has 18 heavy (non-hydrogen) atoms. The first-order valence-electron chi connectivity index (χ1n) is 5.26. The first-order chi connectivity index (χ1) is 8.52. The van der Waals surface area contributed by atoms with E-state index in [1.807, 2.05) is 12.1 Å². The molecule has 0 aromatic heterocycles. The van der Waals surface area contributed by atoms with E-state index in [1.54, 1.807) is 19.1 Å². The van der Waals surface area contributed by atoms with Gasteiger partial charge in [0.15, 0.2) is 0 Å². The van der Waals surface area contributed by atoms with Crippen molar-refractivity contribution in [1.29, 1.82) is 0 Å². The zero-order chi connectivity index (χ0) is 13.5. The van der Waals surface area contributed by atoms with Gasteiger partial charge in [0.1, 0.15) is 13.2 Å². The highest BCUT2D eigenvalue weighted by Crippen LogP contribution is 2.12. The van der Waals surface area contributed by atoms with Crippen LogP contribution in [0.1, 0.15) is 17.3 Å². The fraction of sp³-hybridized carbons (Fsp3) is 0.231. The number of hydrogen-bond donors (Lipinski definition) is 0. The first kappa shape index (κ1) is 14.7. The van der Waals surface area contributed by atoms with E-state index in [0.29, 0.717) is 11.1 Å². The van der Waals surface area contributed by atoms with Gasteiger partial charge in [-0.05, 0) is 41.6 Å². The Morgan fingerprint density at radius 2 is 1.83 bits per heavy atom. The van der Waals surface area contributed by atoms with Gasteiger partial charge in [0, 0.05) is 9.14 Å². The van der Waals surface area contributed by atoms with Gasteiger partial charge in [-0.2, -0.15) is 0 Å². The lowest BCUT2D eigenvalue weighted by molar-refractivity contribution is -0.140. The molecule has 1 rings (SSSR count). The predicted molar refractivity (Wildman–Crippen MR) is 75.2 cm³/mol. The minimum atomic E-state index is -0.486. The minimum Gasteiger partial charge on any atom is -0.459 e. The summed E-state index contributed by atoms with van der Waals surface area (Å²) in [6.07, 6.45) is 0. The average molecular weight is 360 g/mol. The molecule has 0 radical (unpaired) electrons. The van der Waals surface area contributed by atoms with Crippen molar-refractivity contribution in [3.05, 3.63) is 45.6 Å². The molecule has 0 saturated carbocycles. The standard InChI is InChI=1S/C13H13IO4/c1-9(2)12(15)17-7-8-18-13(16)10-5-3-4-6-11(10)14/h3-6H,1,7-8H2,2H3. The Morgan fingerprint density at radius 1 is 1.22 bits per heavy atom. The van der Waals surface area contributed by atoms with Crippen LogP contribution in [0.3, 0.4) is 0 Å². The zero-order valence-electron chi connectivity index (χ0n) is 9.94. The second-order valence-electron chi connectivity index (χ2n) is 3.53. The smallest absolute Gasteiger partial charge is 0.339 e. The molecule has 0 saturated heterocycles. The van der Waals surface area contributed by atoms with Crippen LogP contribution in [0.15, 0.2) is 36.4 Å². The molecule has 0 aliphatic heterocycles. The molecular formula is C13H13IO4. The van der Waals surface area contributed by atoms with Crippen LogP contribution in [-0.4, -0.2) is 25.2 Å². The van der Waals surface area contributed by atoms with Crippen LogP contribution < -0.4 is 0 Å². The molecule has 0 unspecified atom stereocenters. The van der Waals surface area contributed by atoms with Crippen LogP contribution in [0.5, 0.6) is 0 Å². The first-order valence-corrected chi connectivity index (χ1v) is 6.34. The maximum Gasteiger partial charge on any atom is 0.339 e. The lowest BCUT2D eigenvalue weighted by atomic mass is 10.2. The highest BCUT2D eigenvalue weighted by atomic mass is 127. The number of benzene rings is 1. The van der Waals surface area contributed by atoms with E-state index in [-0.39, 0.29) is 13.2 Å². The maximum absolute atomic E-state index is 11.7. The number of rotatable bonds is 5. The van der Waals surface area contributed by atoms with Gasteiger partial charge in [-0.25, -0.2) is 9.59 Å². The summed E-state index contributed by atoms with van der Waals surface area (Å²) in [7, 11) is 0. The Hall–Kier alpha value is -1.37. The quantitative estimate of drug-likeness (QED) is 0.351. The van der Waals surface area contributed by atoms with Crippen LogP contribution in [0.25, 0.3) is 0 Å². The molecule has 0 amide bonds. The average Bonchev–Trinajstić information content (AvgIpc) is 2.34. The summed E-state index contributed by atoms with van der Waals surface area (Å²) < 4.78 is 10.6. The third kappa shape index (κ3) is 4.48. The second-order valence-corrected chi connectivity index (χ2v) is 4.69. The number of hydrogen-bond acceptors (Lipinski definition) is 4. The van der Waals surface area contributed by atoms with Crippen LogP contribution in [0.2, 0.25) is 0 Å². The van der Waals surface area contributed by atoms with Gasteiger partial charge < -0.3 is 9.47 Å². The molecule has 96 valence electrons. The van der Waals surface area contributed by atoms with Gasteiger partial charge in [-0.15, -0.1) is 0 Å². The number of ether oxygens (including phenoxy) is 2. The summed E-state index contributed by atoms with van der Waals surface area (Å²) in [5.74, 6) is -0.910. The summed E-state index contributed by atoms with van der Waals surface area (Å²) in [6, 6.07) is 7.11. The minimum absolute atomic E-state index is 0.0286. The molecule has 1 aromatic rings. The lowest BCUT2D eigenvalue weighted by Gasteiger charge is -2.07. The van der Waals surface area contributed by atoms with Crippen molar-refractivity contribution >= 4 is 34.5 Å². The summed E-state index contributed by atoms with van der Waals surface area (Å²) >= 11 is 2.06. The van der Waals surface area contributed by atoms with Crippen molar-refractivity contribution in [2.24, 2.45) is 0 Å². The number of carbonyl (C=O) groups excluding carboxylic acids is 2. The summed E-state index contributed by atoms with van der Waals surface area (Å²) in [5.41, 5.74) is 0.822. The molecule has 0 heterocycles. The third-order valence-electron chi connectivity index (χ3n) is 1.99. The Bertz CT molecular complexity index is 468. The molecule has 0 N–H and O–H groups in total. The Kier molecular flexibility index (Phi) is 5.84. The molecule has 0 bridgehead atoms. The van der Waals surface area contributed by atoms with Crippen molar-refractivity contribution in [3.63, 3.8) is 0 Å². The summed E-state index contributed by atoms with van der Waals surface area (Å²) in [4.78, 5) is 22.7. The van der Waals surface area contributed by atoms with Gasteiger partial charge in [0.2, 0.25) is 0 Å². The van der Waals surface area contributed by atoms with E-state index in [0.717, 1.165) is 3.57 Å². The zero-order valence-corrected chi connectivity index (χ0v) is 12.1. The fourth-order valence-corrected chi connectivity index (χ4v) is 1.70. The van der Waals surface area contributed by atoms with Crippen molar-refractivity contribution in [3.8, 4) is 0 Å². The van der Waals surface area contributed by atoms with E-state index < -0.39 is 11.9 Å². The van der Waals surface area contributed by atoms with Gasteiger partial charge >= 0.3 is 11.9 Å². The van der Waals surface area contributed by atoms with Crippen LogP contribution in [-0.2, 0) is 14.3 Å². The molecule has 0 aliphatic rings. The number of halogens is 1. The van der Waals surface area contributed by atoms with Gasteiger partial charge in [0.25, 0.3) is 0 Å². The molecule has 0 atom stereocenters. The van der Waals surface area contributed by atoms with E-state index in [1.165, 1.54) is 0 Å². The fourth-order valence-electron chi connectivity index (χ4n) is 1.10. The number of esters is 2. The number of carbonyl (C=O) groups is 2. The normalized spacial score (nSPS) is 9.67. The topological polar surface area (TPSA) is 52.6 Å². The van der Waals surface area contributed by atoms with Gasteiger partial charge in [0.05, 0.1) is 5.56 Å². The van der Waals surface area contributed by atoms with E-state index in [2.05, 4.69) is 29.2 Å². The van der Waals surface area contributed by atoms with E-state index in [4.69, 9.17) is 9.47 Å². The van der Waals surface area contributed by atoms with E-state index in [9.17, 15) is 9.59 Å². The Balaban J connectivity index is 2.37. The van der Waals surface area contributed by atoms with Crippen LogP contribution >= 0.6 is 22.6 Å². The lowest BCUT2D eigenvalue weighted by Crippen LogP contribution is -2.14. The maximum atomic E-state index is 11.7. The van der Waals surface area contributed by atoms with Gasteiger partial charge in [-0.1, -0.05) is 18.7 Å². The largest absolute Gasteiger partial charge is 0.459 e. The van der Waals surface area contributed by atoms with Crippen molar-refractivity contribution in [2.45, 2.75) is 6.92 Å². The summed E-state index contributed by atoms with van der Waals surface area (Å²) in [6.45, 7) is 5.06. The monoisotopic (exact) mass is 360 g/mol. The molecule has 0 spiro atoms. The molecule has 4 nitrogen and oxygen atoms in total. The van der Waals surface area contributed by atoms with Crippen LogP contribution in [0, 0.1) is 3.57 Å². The highest BCUT2D eigenvalue weighted by Gasteiger charge is 2.10. The Labute approximate surface area is 119 Å². The SMILES string of the molecule is C=C(C)C(=O)OCCOC(=O)c1ccccc1I. The van der Waals surface area contributed by atoms with Crippen molar-refractivity contribution in [2.75, 3.05) is 13.2 Å². The molecular weight excluding hydrogens is 347 g/mol. The summed E-state index contributed by atoms with van der Waals surface area (Å²) in [5, 5.41) is 0. The predicted octanol–water partition coefficient (Wildman–Crippen LogP) is 2.57. The highest BCUT2D eigenvalue weighted by molar-refractivity contribution is 14.1. The van der Waals surface area contributed by atoms with Crippen LogP contribution in [0.4, 0.5) is 0 Å². The molecule has 0 aliphatic carbocycles. The molecule has 5 heteroatoms.